The number of rotatable bonds is 11. The highest BCUT2D eigenvalue weighted by Crippen LogP contribution is 2.45. The van der Waals surface area contributed by atoms with Crippen LogP contribution in [0.2, 0.25) is 0 Å². The molecule has 0 aliphatic rings. The van der Waals surface area contributed by atoms with Gasteiger partial charge in [-0.1, -0.05) is 28.6 Å². The van der Waals surface area contributed by atoms with E-state index in [0.717, 1.165) is 67.2 Å². The fourth-order valence-electron chi connectivity index (χ4n) is 4.91. The summed E-state index contributed by atoms with van der Waals surface area (Å²) in [5, 5.41) is 0. The van der Waals surface area contributed by atoms with Crippen LogP contribution in [0.15, 0.2) is 120 Å². The third kappa shape index (κ3) is 6.32. The molecule has 43 heavy (non-hydrogen) atoms. The van der Waals surface area contributed by atoms with Gasteiger partial charge in [-0.25, -0.2) is 0 Å². The van der Waals surface area contributed by atoms with Crippen molar-refractivity contribution in [3.63, 3.8) is 0 Å². The molecular formula is C36H33BrN2O4. The van der Waals surface area contributed by atoms with E-state index in [-0.39, 0.29) is 0 Å². The van der Waals surface area contributed by atoms with Gasteiger partial charge in [0.15, 0.2) is 0 Å². The van der Waals surface area contributed by atoms with Gasteiger partial charge in [-0.2, -0.15) is 0 Å². The summed E-state index contributed by atoms with van der Waals surface area (Å²) in [5.74, 6) is 3.13. The van der Waals surface area contributed by atoms with Gasteiger partial charge < -0.3 is 28.7 Å². The summed E-state index contributed by atoms with van der Waals surface area (Å²) in [6, 6.07) is 36.3. The van der Waals surface area contributed by atoms with Crippen molar-refractivity contribution in [2.24, 2.45) is 0 Å². The van der Waals surface area contributed by atoms with Gasteiger partial charge in [-0.15, -0.1) is 0 Å². The van der Waals surface area contributed by atoms with Gasteiger partial charge in [0.1, 0.15) is 23.0 Å². The number of hydrogen-bond acceptors (Lipinski definition) is 6. The number of nitrogens with zero attached hydrogens (tertiary/aromatic N) is 2. The lowest BCUT2D eigenvalue weighted by atomic mass is 10.1. The first-order valence-corrected chi connectivity index (χ1v) is 14.4. The fourth-order valence-corrected chi connectivity index (χ4v) is 5.50. The number of ether oxygens (including phenoxy) is 4. The summed E-state index contributed by atoms with van der Waals surface area (Å²) >= 11 is 3.87. The molecule has 0 atom stereocenters. The van der Waals surface area contributed by atoms with Gasteiger partial charge in [-0.05, 0) is 109 Å². The maximum absolute atomic E-state index is 5.45. The Labute approximate surface area is 261 Å². The van der Waals surface area contributed by atoms with E-state index in [9.17, 15) is 0 Å². The average Bonchev–Trinajstić information content (AvgIpc) is 3.06. The van der Waals surface area contributed by atoms with Crippen molar-refractivity contribution < 1.29 is 18.9 Å². The molecule has 0 N–H and O–H groups in total. The third-order valence-corrected chi connectivity index (χ3v) is 7.77. The fraction of sp³-hybridized carbons (Fsp3) is 0.111. The SMILES string of the molecule is C=Cc1c(Br)cc(N(c2ccc(OC)cc2)c2ccc(OC)cc2)cc1N(c1ccc(OC)cc1)c1ccc(OC)cc1. The van der Waals surface area contributed by atoms with Gasteiger partial charge >= 0.3 is 0 Å². The van der Waals surface area contributed by atoms with E-state index in [4.69, 9.17) is 18.9 Å². The van der Waals surface area contributed by atoms with Crippen LogP contribution < -0.4 is 28.7 Å². The minimum absolute atomic E-state index is 0.780. The van der Waals surface area contributed by atoms with Gasteiger partial charge in [0, 0.05) is 38.5 Å². The zero-order valence-electron chi connectivity index (χ0n) is 24.6. The molecule has 0 aromatic heterocycles. The number of anilines is 6. The minimum Gasteiger partial charge on any atom is -0.497 e. The third-order valence-electron chi connectivity index (χ3n) is 7.12. The second kappa shape index (κ2) is 13.4. The molecule has 0 heterocycles. The molecule has 6 nitrogen and oxygen atoms in total. The van der Waals surface area contributed by atoms with Crippen molar-refractivity contribution in [2.45, 2.75) is 0 Å². The molecule has 0 fully saturated rings. The van der Waals surface area contributed by atoms with Gasteiger partial charge in [0.2, 0.25) is 0 Å². The lowest BCUT2D eigenvalue weighted by Crippen LogP contribution is -2.15. The summed E-state index contributed by atoms with van der Waals surface area (Å²) in [6.45, 7) is 4.17. The Bertz CT molecular complexity index is 1570. The second-order valence-corrected chi connectivity index (χ2v) is 10.4. The lowest BCUT2D eigenvalue weighted by molar-refractivity contribution is 0.414. The van der Waals surface area contributed by atoms with Crippen molar-refractivity contribution in [3.8, 4) is 23.0 Å². The van der Waals surface area contributed by atoms with Crippen molar-refractivity contribution in [3.05, 3.63) is 126 Å². The number of halogens is 1. The molecule has 0 unspecified atom stereocenters. The Hall–Kier alpha value is -4.88. The topological polar surface area (TPSA) is 43.4 Å². The van der Waals surface area contributed by atoms with Crippen LogP contribution in [0.3, 0.4) is 0 Å². The van der Waals surface area contributed by atoms with E-state index in [2.05, 4.69) is 44.4 Å². The van der Waals surface area contributed by atoms with Gasteiger partial charge in [0.25, 0.3) is 0 Å². The Kier molecular flexibility index (Phi) is 9.23. The van der Waals surface area contributed by atoms with Crippen molar-refractivity contribution in [1.82, 2.24) is 0 Å². The molecule has 5 aromatic carbocycles. The molecule has 0 spiro atoms. The molecule has 0 saturated carbocycles. The van der Waals surface area contributed by atoms with Crippen LogP contribution in [0.25, 0.3) is 6.08 Å². The first-order valence-electron chi connectivity index (χ1n) is 13.6. The Balaban J connectivity index is 1.74. The molecule has 5 rings (SSSR count). The van der Waals surface area contributed by atoms with E-state index >= 15 is 0 Å². The van der Waals surface area contributed by atoms with Crippen LogP contribution in [0.5, 0.6) is 23.0 Å². The standard InChI is InChI=1S/C36H33BrN2O4/c1-6-34-35(37)23-29(38(25-7-15-30(40-2)16-8-25)26-9-17-31(41-3)18-10-26)24-36(34)39(27-11-19-32(42-4)20-12-27)28-13-21-33(43-5)22-14-28/h6-24H,1H2,2-5H3. The van der Waals surface area contributed by atoms with Crippen LogP contribution in [0, 0.1) is 0 Å². The first-order chi connectivity index (χ1) is 21.0. The lowest BCUT2D eigenvalue weighted by Gasteiger charge is -2.31. The van der Waals surface area contributed by atoms with Crippen LogP contribution in [-0.2, 0) is 0 Å². The molecule has 0 aliphatic carbocycles. The average molecular weight is 638 g/mol. The molecule has 218 valence electrons. The molecule has 0 saturated heterocycles. The zero-order chi connectivity index (χ0) is 30.3. The van der Waals surface area contributed by atoms with Crippen molar-refractivity contribution >= 4 is 56.1 Å². The van der Waals surface area contributed by atoms with Gasteiger partial charge in [-0.3, -0.25) is 0 Å². The molecule has 7 heteroatoms. The highest BCUT2D eigenvalue weighted by atomic mass is 79.9. The quantitative estimate of drug-likeness (QED) is 0.144. The van der Waals surface area contributed by atoms with Crippen LogP contribution in [0.1, 0.15) is 5.56 Å². The van der Waals surface area contributed by atoms with Gasteiger partial charge in [0.05, 0.1) is 34.1 Å². The van der Waals surface area contributed by atoms with E-state index < -0.39 is 0 Å². The monoisotopic (exact) mass is 636 g/mol. The molecular weight excluding hydrogens is 604 g/mol. The summed E-state index contributed by atoms with van der Waals surface area (Å²) in [7, 11) is 6.67. The Morgan fingerprint density at radius 1 is 0.488 bits per heavy atom. The highest BCUT2D eigenvalue weighted by molar-refractivity contribution is 9.10. The molecule has 0 radical (unpaired) electrons. The largest absolute Gasteiger partial charge is 0.497 e. The second-order valence-electron chi connectivity index (χ2n) is 9.53. The normalized spacial score (nSPS) is 10.5. The predicted molar refractivity (Wildman–Crippen MR) is 180 cm³/mol. The predicted octanol–water partition coefficient (Wildman–Crippen LogP) is 10.1. The first kappa shape index (κ1) is 29.6. The Morgan fingerprint density at radius 3 is 1.12 bits per heavy atom. The molecule has 0 amide bonds. The molecule has 0 aliphatic heterocycles. The van der Waals surface area contributed by atoms with Crippen molar-refractivity contribution in [2.75, 3.05) is 38.2 Å². The van der Waals surface area contributed by atoms with Crippen molar-refractivity contribution in [1.29, 1.82) is 0 Å². The molecule has 0 bridgehead atoms. The minimum atomic E-state index is 0.780. The Morgan fingerprint density at radius 2 is 0.814 bits per heavy atom. The van der Waals surface area contributed by atoms with Crippen LogP contribution in [-0.4, -0.2) is 28.4 Å². The number of hydrogen-bond donors (Lipinski definition) is 0. The summed E-state index contributed by atoms with van der Waals surface area (Å²) in [5.41, 5.74) is 6.67. The number of benzene rings is 5. The molecule has 5 aromatic rings. The van der Waals surface area contributed by atoms with E-state index in [0.29, 0.717) is 0 Å². The maximum atomic E-state index is 5.45. The zero-order valence-corrected chi connectivity index (χ0v) is 26.2. The van der Waals surface area contributed by atoms with E-state index in [1.54, 1.807) is 28.4 Å². The van der Waals surface area contributed by atoms with Crippen LogP contribution in [0.4, 0.5) is 34.1 Å². The van der Waals surface area contributed by atoms with Crippen LogP contribution >= 0.6 is 15.9 Å². The highest BCUT2D eigenvalue weighted by Gasteiger charge is 2.22. The van der Waals surface area contributed by atoms with E-state index in [1.165, 1.54) is 0 Å². The van der Waals surface area contributed by atoms with E-state index in [1.807, 2.05) is 103 Å². The summed E-state index contributed by atoms with van der Waals surface area (Å²) < 4.78 is 22.7. The summed E-state index contributed by atoms with van der Waals surface area (Å²) in [4.78, 5) is 4.39. The number of methoxy groups -OCH3 is 4. The summed E-state index contributed by atoms with van der Waals surface area (Å²) in [6.07, 6.45) is 1.87. The smallest absolute Gasteiger partial charge is 0.119 e. The maximum Gasteiger partial charge on any atom is 0.119 e.